The lowest BCUT2D eigenvalue weighted by Crippen LogP contribution is -2.16. The zero-order valence-corrected chi connectivity index (χ0v) is 15.6. The van der Waals surface area contributed by atoms with E-state index in [-0.39, 0.29) is 5.92 Å². The largest absolute Gasteiger partial charge is 0.389 e. The topological polar surface area (TPSA) is 0 Å². The summed E-state index contributed by atoms with van der Waals surface area (Å²) in [6.07, 6.45) is 7.38. The first-order chi connectivity index (χ1) is 12.0. The molecule has 0 aromatic heterocycles. The van der Waals surface area contributed by atoms with Gasteiger partial charge in [0.2, 0.25) is 0 Å². The van der Waals surface area contributed by atoms with Gasteiger partial charge in [-0.1, -0.05) is 56.9 Å². The second kappa shape index (κ2) is 10.2. The smallest absolute Gasteiger partial charge is 0.171 e. The molecular weight excluding hydrogens is 321 g/mol. The molecule has 0 bridgehead atoms. The Morgan fingerprint density at radius 1 is 0.880 bits per heavy atom. The number of halogens is 3. The summed E-state index contributed by atoms with van der Waals surface area (Å²) in [7, 11) is 0. The third-order valence-electron chi connectivity index (χ3n) is 5.70. The lowest BCUT2D eigenvalue weighted by Gasteiger charge is -2.29. The number of rotatable bonds is 9. The zero-order valence-electron chi connectivity index (χ0n) is 15.6. The van der Waals surface area contributed by atoms with Crippen LogP contribution in [0.3, 0.4) is 0 Å². The molecule has 2 rings (SSSR count). The monoisotopic (exact) mass is 354 g/mol. The van der Waals surface area contributed by atoms with Gasteiger partial charge in [-0.2, -0.15) is 13.2 Å². The van der Waals surface area contributed by atoms with Crippen LogP contribution in [0, 0.1) is 5.92 Å². The fourth-order valence-electron chi connectivity index (χ4n) is 4.04. The number of aryl methyl sites for hydroxylation is 1. The number of alkyl halides is 3. The van der Waals surface area contributed by atoms with Gasteiger partial charge in [0, 0.05) is 6.42 Å². The van der Waals surface area contributed by atoms with Gasteiger partial charge in [0.25, 0.3) is 0 Å². The third kappa shape index (κ3) is 7.83. The minimum atomic E-state index is -4.00. The average Bonchev–Trinajstić information content (AvgIpc) is 2.60. The van der Waals surface area contributed by atoms with Crippen LogP contribution in [0.1, 0.15) is 94.6 Å². The van der Waals surface area contributed by atoms with Crippen molar-refractivity contribution < 1.29 is 13.2 Å². The Balaban J connectivity index is 1.70. The van der Waals surface area contributed by atoms with E-state index >= 15 is 0 Å². The summed E-state index contributed by atoms with van der Waals surface area (Å²) in [5.41, 5.74) is 2.79. The number of unbranched alkanes of at least 4 members (excludes halogenated alkanes) is 4. The fraction of sp³-hybridized carbons (Fsp3) is 0.727. The molecule has 0 N–H and O–H groups in total. The summed E-state index contributed by atoms with van der Waals surface area (Å²) < 4.78 is 37.0. The van der Waals surface area contributed by atoms with Crippen LogP contribution in [0.5, 0.6) is 0 Å². The molecule has 142 valence electrons. The first-order valence-corrected chi connectivity index (χ1v) is 10.1. The molecule has 0 amide bonds. The van der Waals surface area contributed by atoms with Gasteiger partial charge >= 0.3 is 6.18 Å². The van der Waals surface area contributed by atoms with Crippen LogP contribution in [-0.4, -0.2) is 6.18 Å². The quantitative estimate of drug-likeness (QED) is 0.397. The van der Waals surface area contributed by atoms with E-state index in [0.717, 1.165) is 32.1 Å². The van der Waals surface area contributed by atoms with E-state index in [2.05, 4.69) is 31.2 Å². The second-order valence-electron chi connectivity index (χ2n) is 7.78. The second-order valence-corrected chi connectivity index (χ2v) is 7.78. The molecule has 25 heavy (non-hydrogen) atoms. The molecule has 1 aliphatic rings. The van der Waals surface area contributed by atoms with Gasteiger partial charge in [0.1, 0.15) is 0 Å². The van der Waals surface area contributed by atoms with Crippen molar-refractivity contribution in [1.82, 2.24) is 0 Å². The van der Waals surface area contributed by atoms with E-state index in [1.807, 2.05) is 0 Å². The third-order valence-corrected chi connectivity index (χ3v) is 5.70. The van der Waals surface area contributed by atoms with Crippen LogP contribution in [0.4, 0.5) is 13.2 Å². The number of hydrogen-bond acceptors (Lipinski definition) is 0. The van der Waals surface area contributed by atoms with Gasteiger partial charge in [0.15, 0.2) is 0 Å². The predicted molar refractivity (Wildman–Crippen MR) is 98.9 cm³/mol. The lowest BCUT2D eigenvalue weighted by atomic mass is 9.77. The molecule has 1 aromatic rings. The molecule has 0 nitrogen and oxygen atoms in total. The summed E-state index contributed by atoms with van der Waals surface area (Å²) in [5.74, 6) is 0.806. The van der Waals surface area contributed by atoms with Gasteiger partial charge < -0.3 is 0 Å². The van der Waals surface area contributed by atoms with Crippen LogP contribution >= 0.6 is 0 Å². The van der Waals surface area contributed by atoms with Crippen LogP contribution in [-0.2, 0) is 6.42 Å². The highest BCUT2D eigenvalue weighted by Gasteiger charge is 2.30. The Kier molecular flexibility index (Phi) is 8.32. The zero-order chi connectivity index (χ0) is 18.1. The molecule has 1 aromatic carbocycles. The van der Waals surface area contributed by atoms with Crippen LogP contribution in [0.15, 0.2) is 24.3 Å². The van der Waals surface area contributed by atoms with Crippen molar-refractivity contribution in [2.24, 2.45) is 5.92 Å². The van der Waals surface area contributed by atoms with Crippen LogP contribution < -0.4 is 0 Å². The Morgan fingerprint density at radius 3 is 2.12 bits per heavy atom. The maximum Gasteiger partial charge on any atom is 0.389 e. The summed E-state index contributed by atoms with van der Waals surface area (Å²) in [6, 6.07) is 9.01. The molecule has 0 spiro atoms. The first kappa shape index (κ1) is 20.3. The molecule has 0 aliphatic heterocycles. The van der Waals surface area contributed by atoms with Gasteiger partial charge in [-0.05, 0) is 67.9 Å². The van der Waals surface area contributed by atoms with Crippen LogP contribution in [0.25, 0.3) is 0 Å². The van der Waals surface area contributed by atoms with Crippen molar-refractivity contribution in [1.29, 1.82) is 0 Å². The van der Waals surface area contributed by atoms with E-state index in [9.17, 15) is 13.2 Å². The number of hydrogen-bond donors (Lipinski definition) is 0. The summed E-state index contributed by atoms with van der Waals surface area (Å²) >= 11 is 0. The first-order valence-electron chi connectivity index (χ1n) is 10.1. The van der Waals surface area contributed by atoms with Crippen molar-refractivity contribution in [2.45, 2.75) is 96.1 Å². The Morgan fingerprint density at radius 2 is 1.52 bits per heavy atom. The van der Waals surface area contributed by atoms with Crippen molar-refractivity contribution in [3.05, 3.63) is 35.4 Å². The molecule has 1 saturated carbocycles. The summed E-state index contributed by atoms with van der Waals surface area (Å²) in [5, 5.41) is 0. The Hall–Kier alpha value is -0.990. The highest BCUT2D eigenvalue weighted by atomic mass is 19.4. The maximum atomic E-state index is 12.3. The minimum absolute atomic E-state index is 0.264. The summed E-state index contributed by atoms with van der Waals surface area (Å²) in [6.45, 7) is 2.24. The Bertz CT molecular complexity index is 467. The van der Waals surface area contributed by atoms with Gasteiger partial charge in [0.05, 0.1) is 0 Å². The van der Waals surface area contributed by atoms with Crippen molar-refractivity contribution in [2.75, 3.05) is 0 Å². The molecule has 0 unspecified atom stereocenters. The van der Waals surface area contributed by atoms with Gasteiger partial charge in [-0.25, -0.2) is 0 Å². The van der Waals surface area contributed by atoms with Gasteiger partial charge in [-0.3, -0.25) is 0 Å². The molecule has 0 heterocycles. The van der Waals surface area contributed by atoms with Crippen molar-refractivity contribution in [3.63, 3.8) is 0 Å². The molecule has 1 aliphatic carbocycles. The minimum Gasteiger partial charge on any atom is -0.171 e. The highest BCUT2D eigenvalue weighted by Crippen LogP contribution is 2.39. The standard InChI is InChI=1S/C22H33F3/c1-2-3-4-5-6-7-18-8-12-20(13-9-18)21-14-10-19(11-15-21)16-17-22(23,24)25/h8-9,12-13,19,21H,2-7,10-11,14-17H2,1H3. The molecule has 1 fully saturated rings. The van der Waals surface area contributed by atoms with E-state index in [0.29, 0.717) is 12.3 Å². The van der Waals surface area contributed by atoms with E-state index < -0.39 is 12.6 Å². The normalized spacial score (nSPS) is 21.4. The molecular formula is C22H33F3. The Labute approximate surface area is 151 Å². The van der Waals surface area contributed by atoms with Crippen molar-refractivity contribution in [3.8, 4) is 0 Å². The van der Waals surface area contributed by atoms with E-state index in [1.54, 1.807) is 0 Å². The van der Waals surface area contributed by atoms with E-state index in [4.69, 9.17) is 0 Å². The maximum absolute atomic E-state index is 12.3. The molecule has 0 radical (unpaired) electrons. The van der Waals surface area contributed by atoms with Crippen LogP contribution in [0.2, 0.25) is 0 Å². The lowest BCUT2D eigenvalue weighted by molar-refractivity contribution is -0.138. The molecule has 3 heteroatoms. The summed E-state index contributed by atoms with van der Waals surface area (Å²) in [4.78, 5) is 0. The fourth-order valence-corrected chi connectivity index (χ4v) is 4.04. The highest BCUT2D eigenvalue weighted by molar-refractivity contribution is 5.25. The molecule has 0 saturated heterocycles. The van der Waals surface area contributed by atoms with E-state index in [1.165, 1.54) is 43.2 Å². The number of benzene rings is 1. The average molecular weight is 355 g/mol. The predicted octanol–water partition coefficient (Wildman–Crippen LogP) is 7.82. The SMILES string of the molecule is CCCCCCCc1ccc(C2CCC(CCC(F)(F)F)CC2)cc1. The van der Waals surface area contributed by atoms with Crippen molar-refractivity contribution >= 4 is 0 Å². The van der Waals surface area contributed by atoms with Gasteiger partial charge in [-0.15, -0.1) is 0 Å². The molecule has 0 atom stereocenters.